The molecule has 0 saturated heterocycles. The van der Waals surface area contributed by atoms with Crippen molar-refractivity contribution in [1.29, 1.82) is 0 Å². The number of hydrogen-bond donors (Lipinski definition) is 0. The molecule has 0 aliphatic rings. The molecule has 0 aliphatic carbocycles. The van der Waals surface area contributed by atoms with E-state index in [0.717, 1.165) is 12.1 Å². The topological polar surface area (TPSA) is 12.9 Å². The van der Waals surface area contributed by atoms with Crippen molar-refractivity contribution in [2.45, 2.75) is 20.3 Å². The van der Waals surface area contributed by atoms with Gasteiger partial charge in [-0.1, -0.05) is 30.7 Å². The normalized spacial score (nSPS) is 10.3. The van der Waals surface area contributed by atoms with Crippen molar-refractivity contribution in [1.82, 2.24) is 4.98 Å². The zero-order chi connectivity index (χ0) is 10.7. The van der Waals surface area contributed by atoms with E-state index in [1.54, 1.807) is 0 Å². The Kier molecular flexibility index (Phi) is 2.82. The van der Waals surface area contributed by atoms with Crippen LogP contribution in [-0.4, -0.2) is 4.98 Å². The first-order valence-electron chi connectivity index (χ1n) is 5.32. The van der Waals surface area contributed by atoms with Crippen LogP contribution >= 0.6 is 0 Å². The van der Waals surface area contributed by atoms with Gasteiger partial charge in [-0.15, -0.1) is 0 Å². The average Bonchev–Trinajstić information content (AvgIpc) is 2.30. The van der Waals surface area contributed by atoms with E-state index in [-0.39, 0.29) is 0 Å². The molecule has 2 rings (SSSR count). The zero-order valence-corrected chi connectivity index (χ0v) is 9.20. The fraction of sp³-hybridized carbons (Fsp3) is 0.214. The highest BCUT2D eigenvalue weighted by Gasteiger charge is 2.04. The highest BCUT2D eigenvalue weighted by Crippen LogP contribution is 2.23. The number of pyridine rings is 1. The van der Waals surface area contributed by atoms with Crippen LogP contribution in [0.5, 0.6) is 0 Å². The Morgan fingerprint density at radius 2 is 2.00 bits per heavy atom. The molecular weight excluding hydrogens is 182 g/mol. The van der Waals surface area contributed by atoms with E-state index >= 15 is 0 Å². The van der Waals surface area contributed by atoms with E-state index in [0.29, 0.717) is 0 Å². The summed E-state index contributed by atoms with van der Waals surface area (Å²) >= 11 is 0. The van der Waals surface area contributed by atoms with Crippen LogP contribution in [0.1, 0.15) is 18.1 Å². The van der Waals surface area contributed by atoms with Gasteiger partial charge in [0, 0.05) is 11.8 Å². The summed E-state index contributed by atoms with van der Waals surface area (Å²) in [6.45, 7) is 4.29. The second kappa shape index (κ2) is 4.26. The lowest BCUT2D eigenvalue weighted by Gasteiger charge is -2.08. The molecule has 1 heterocycles. The van der Waals surface area contributed by atoms with Gasteiger partial charge < -0.3 is 0 Å². The van der Waals surface area contributed by atoms with Gasteiger partial charge in [0.15, 0.2) is 0 Å². The summed E-state index contributed by atoms with van der Waals surface area (Å²) in [6, 6.07) is 12.6. The maximum Gasteiger partial charge on any atom is 0.0704 e. The van der Waals surface area contributed by atoms with Crippen molar-refractivity contribution in [2.24, 2.45) is 0 Å². The predicted octanol–water partition coefficient (Wildman–Crippen LogP) is 3.62. The minimum absolute atomic E-state index is 1.05. The van der Waals surface area contributed by atoms with Crippen LogP contribution in [0, 0.1) is 6.92 Å². The summed E-state index contributed by atoms with van der Waals surface area (Å²) in [4.78, 5) is 4.40. The largest absolute Gasteiger partial charge is 0.256 e. The second-order valence-corrected chi connectivity index (χ2v) is 3.73. The van der Waals surface area contributed by atoms with Crippen LogP contribution < -0.4 is 0 Å². The van der Waals surface area contributed by atoms with E-state index < -0.39 is 0 Å². The van der Waals surface area contributed by atoms with Gasteiger partial charge in [-0.05, 0) is 37.1 Å². The Labute approximate surface area is 90.8 Å². The van der Waals surface area contributed by atoms with Crippen LogP contribution in [0.25, 0.3) is 11.3 Å². The number of benzene rings is 1. The van der Waals surface area contributed by atoms with Crippen LogP contribution in [-0.2, 0) is 6.42 Å². The van der Waals surface area contributed by atoms with Crippen molar-refractivity contribution in [3.63, 3.8) is 0 Å². The second-order valence-electron chi connectivity index (χ2n) is 3.73. The molecule has 1 heteroatoms. The van der Waals surface area contributed by atoms with Crippen molar-refractivity contribution in [2.75, 3.05) is 0 Å². The smallest absolute Gasteiger partial charge is 0.0704 e. The Hall–Kier alpha value is -1.63. The molecule has 0 unspecified atom stereocenters. The third-order valence-corrected chi connectivity index (χ3v) is 2.59. The summed E-state index contributed by atoms with van der Waals surface area (Å²) in [6.07, 6.45) is 2.89. The quantitative estimate of drug-likeness (QED) is 0.716. The minimum Gasteiger partial charge on any atom is -0.256 e. The number of rotatable bonds is 2. The van der Waals surface area contributed by atoms with Gasteiger partial charge in [-0.3, -0.25) is 4.98 Å². The molecule has 76 valence electrons. The number of aromatic nitrogens is 1. The maximum atomic E-state index is 4.40. The molecule has 0 atom stereocenters. The van der Waals surface area contributed by atoms with E-state index in [4.69, 9.17) is 0 Å². The Morgan fingerprint density at radius 1 is 1.13 bits per heavy atom. The first-order chi connectivity index (χ1) is 7.31. The van der Waals surface area contributed by atoms with E-state index in [1.807, 2.05) is 18.3 Å². The Bertz CT molecular complexity index is 446. The van der Waals surface area contributed by atoms with Crippen LogP contribution in [0.3, 0.4) is 0 Å². The Morgan fingerprint density at radius 3 is 2.67 bits per heavy atom. The molecule has 0 N–H and O–H groups in total. The monoisotopic (exact) mass is 197 g/mol. The van der Waals surface area contributed by atoms with Crippen molar-refractivity contribution in [3.05, 3.63) is 53.7 Å². The van der Waals surface area contributed by atoms with Gasteiger partial charge in [0.25, 0.3) is 0 Å². The van der Waals surface area contributed by atoms with Crippen molar-refractivity contribution < 1.29 is 0 Å². The minimum atomic E-state index is 1.05. The molecule has 0 aliphatic heterocycles. The molecule has 0 amide bonds. The lowest BCUT2D eigenvalue weighted by molar-refractivity contribution is 1.13. The van der Waals surface area contributed by atoms with Crippen LogP contribution in [0.2, 0.25) is 0 Å². The number of aryl methyl sites for hydroxylation is 2. The first kappa shape index (κ1) is 9.91. The first-order valence-corrected chi connectivity index (χ1v) is 5.32. The highest BCUT2D eigenvalue weighted by atomic mass is 14.7. The molecule has 0 bridgehead atoms. The maximum absolute atomic E-state index is 4.40. The van der Waals surface area contributed by atoms with Gasteiger partial charge in [-0.25, -0.2) is 0 Å². The lowest BCUT2D eigenvalue weighted by Crippen LogP contribution is -1.90. The third kappa shape index (κ3) is 2.07. The van der Waals surface area contributed by atoms with Gasteiger partial charge in [0.05, 0.1) is 5.69 Å². The number of hydrogen-bond acceptors (Lipinski definition) is 1. The molecule has 1 nitrogen and oxygen atoms in total. The molecule has 1 aromatic carbocycles. The van der Waals surface area contributed by atoms with E-state index in [9.17, 15) is 0 Å². The van der Waals surface area contributed by atoms with E-state index in [2.05, 4.69) is 43.1 Å². The molecule has 1 aromatic heterocycles. The number of nitrogens with zero attached hydrogens (tertiary/aromatic N) is 1. The van der Waals surface area contributed by atoms with Gasteiger partial charge in [-0.2, -0.15) is 0 Å². The summed E-state index contributed by atoms with van der Waals surface area (Å²) in [5.41, 5.74) is 4.98. The van der Waals surface area contributed by atoms with Gasteiger partial charge in [0.2, 0.25) is 0 Å². The van der Waals surface area contributed by atoms with Crippen molar-refractivity contribution in [3.8, 4) is 11.3 Å². The van der Waals surface area contributed by atoms with Crippen LogP contribution in [0.4, 0.5) is 0 Å². The fourth-order valence-electron chi connectivity index (χ4n) is 1.76. The van der Waals surface area contributed by atoms with Gasteiger partial charge >= 0.3 is 0 Å². The third-order valence-electron chi connectivity index (χ3n) is 2.59. The molecule has 0 saturated carbocycles. The summed E-state index contributed by atoms with van der Waals surface area (Å²) in [7, 11) is 0. The summed E-state index contributed by atoms with van der Waals surface area (Å²) in [5, 5.41) is 0. The van der Waals surface area contributed by atoms with E-state index in [1.165, 1.54) is 16.7 Å². The summed E-state index contributed by atoms with van der Waals surface area (Å²) in [5.74, 6) is 0. The van der Waals surface area contributed by atoms with Crippen LogP contribution in [0.15, 0.2) is 42.6 Å². The molecular formula is C14H15N. The molecule has 2 aromatic rings. The Balaban J connectivity index is 2.56. The van der Waals surface area contributed by atoms with Gasteiger partial charge in [0.1, 0.15) is 0 Å². The molecule has 0 fully saturated rings. The molecule has 0 spiro atoms. The fourth-order valence-corrected chi connectivity index (χ4v) is 1.76. The standard InChI is InChI=1S/C14H15N/c1-3-12-8-7-11(2)10-13(12)14-6-4-5-9-15-14/h4-10H,3H2,1-2H3. The zero-order valence-electron chi connectivity index (χ0n) is 9.20. The highest BCUT2D eigenvalue weighted by molar-refractivity contribution is 5.64. The predicted molar refractivity (Wildman–Crippen MR) is 63.8 cm³/mol. The molecule has 15 heavy (non-hydrogen) atoms. The van der Waals surface area contributed by atoms with Crippen molar-refractivity contribution >= 4 is 0 Å². The summed E-state index contributed by atoms with van der Waals surface area (Å²) < 4.78 is 0. The SMILES string of the molecule is CCc1ccc(C)cc1-c1ccccn1. The average molecular weight is 197 g/mol. The molecule has 0 radical (unpaired) electrons. The lowest BCUT2D eigenvalue weighted by atomic mass is 9.99.